The molecule has 1 fully saturated rings. The van der Waals surface area contributed by atoms with Crippen molar-refractivity contribution in [3.05, 3.63) is 35.4 Å². The molecule has 0 saturated heterocycles. The van der Waals surface area contributed by atoms with Crippen LogP contribution >= 0.6 is 0 Å². The van der Waals surface area contributed by atoms with Crippen molar-refractivity contribution < 1.29 is 18.7 Å². The van der Waals surface area contributed by atoms with Crippen LogP contribution < -0.4 is 0 Å². The zero-order valence-corrected chi connectivity index (χ0v) is 10.7. The molecule has 0 bridgehead atoms. The fraction of sp³-hybridized carbons (Fsp3) is 0.533. The summed E-state index contributed by atoms with van der Waals surface area (Å²) in [6.45, 7) is 0. The highest BCUT2D eigenvalue weighted by Gasteiger charge is 2.28. The van der Waals surface area contributed by atoms with Crippen molar-refractivity contribution in [2.45, 2.75) is 44.6 Å². The van der Waals surface area contributed by atoms with Gasteiger partial charge in [-0.3, -0.25) is 4.79 Å². The number of Topliss-reactive ketones (excluding diaryl/α,β-unsaturated/α-hetero) is 1. The number of carbonyl (C=O) groups excluding carboxylic acids is 1. The Bertz CT molecular complexity index is 433. The van der Waals surface area contributed by atoms with Crippen LogP contribution in [0.2, 0.25) is 0 Å². The molecule has 0 radical (unpaired) electrons. The zero-order valence-electron chi connectivity index (χ0n) is 10.7. The Morgan fingerprint density at radius 3 is 2.37 bits per heavy atom. The van der Waals surface area contributed by atoms with Crippen LogP contribution in [0, 0.1) is 17.6 Å². The van der Waals surface area contributed by atoms with E-state index in [4.69, 9.17) is 0 Å². The van der Waals surface area contributed by atoms with Crippen LogP contribution in [-0.4, -0.2) is 17.0 Å². The van der Waals surface area contributed by atoms with Gasteiger partial charge in [-0.15, -0.1) is 0 Å². The summed E-state index contributed by atoms with van der Waals surface area (Å²) in [6, 6.07) is 3.51. The lowest BCUT2D eigenvalue weighted by atomic mass is 9.83. The zero-order chi connectivity index (χ0) is 13.8. The monoisotopic (exact) mass is 268 g/mol. The van der Waals surface area contributed by atoms with E-state index >= 15 is 0 Å². The molecule has 1 aromatic carbocycles. The SMILES string of the molecule is O=C(Cc1c(F)cccc1F)C(O)C1CCCCC1. The third-order valence-electron chi connectivity index (χ3n) is 3.84. The molecule has 19 heavy (non-hydrogen) atoms. The maximum Gasteiger partial charge on any atom is 0.166 e. The number of rotatable bonds is 4. The van der Waals surface area contributed by atoms with Gasteiger partial charge in [0, 0.05) is 12.0 Å². The normalized spacial score (nSPS) is 18.3. The van der Waals surface area contributed by atoms with E-state index < -0.39 is 23.5 Å². The van der Waals surface area contributed by atoms with Gasteiger partial charge in [-0.2, -0.15) is 0 Å². The Morgan fingerprint density at radius 2 is 1.79 bits per heavy atom. The number of aliphatic hydroxyl groups excluding tert-OH is 1. The first-order valence-corrected chi connectivity index (χ1v) is 6.73. The van der Waals surface area contributed by atoms with Crippen LogP contribution in [0.5, 0.6) is 0 Å². The van der Waals surface area contributed by atoms with E-state index in [9.17, 15) is 18.7 Å². The maximum absolute atomic E-state index is 13.4. The molecule has 1 aliphatic rings. The van der Waals surface area contributed by atoms with E-state index in [1.807, 2.05) is 0 Å². The molecule has 1 aromatic rings. The standard InChI is InChI=1S/C15H18F2O2/c16-12-7-4-8-13(17)11(12)9-14(18)15(19)10-5-2-1-3-6-10/h4,7-8,10,15,19H,1-3,5-6,9H2. The fourth-order valence-corrected chi connectivity index (χ4v) is 2.69. The second-order valence-electron chi connectivity index (χ2n) is 5.19. The van der Waals surface area contributed by atoms with Crippen molar-refractivity contribution in [1.82, 2.24) is 0 Å². The second kappa shape index (κ2) is 6.24. The van der Waals surface area contributed by atoms with Crippen LogP contribution in [0.4, 0.5) is 8.78 Å². The average molecular weight is 268 g/mol. The molecule has 1 atom stereocenters. The summed E-state index contributed by atoms with van der Waals surface area (Å²) in [5.74, 6) is -2.01. The van der Waals surface area contributed by atoms with Gasteiger partial charge in [-0.1, -0.05) is 25.3 Å². The van der Waals surface area contributed by atoms with Crippen molar-refractivity contribution in [2.24, 2.45) is 5.92 Å². The highest BCUT2D eigenvalue weighted by atomic mass is 19.1. The van der Waals surface area contributed by atoms with Crippen molar-refractivity contribution in [3.8, 4) is 0 Å². The number of hydrogen-bond donors (Lipinski definition) is 1. The van der Waals surface area contributed by atoms with Gasteiger partial charge < -0.3 is 5.11 Å². The highest BCUT2D eigenvalue weighted by molar-refractivity contribution is 5.85. The van der Waals surface area contributed by atoms with Gasteiger partial charge in [0.25, 0.3) is 0 Å². The van der Waals surface area contributed by atoms with Crippen molar-refractivity contribution >= 4 is 5.78 Å². The molecule has 0 heterocycles. The number of carbonyl (C=O) groups is 1. The molecule has 1 N–H and O–H groups in total. The third kappa shape index (κ3) is 3.38. The molecule has 0 spiro atoms. The van der Waals surface area contributed by atoms with Crippen LogP contribution in [0.15, 0.2) is 18.2 Å². The molecule has 0 amide bonds. The van der Waals surface area contributed by atoms with Crippen LogP contribution in [0.1, 0.15) is 37.7 Å². The molecule has 1 aliphatic carbocycles. The molecule has 0 aliphatic heterocycles. The molecule has 2 nitrogen and oxygen atoms in total. The van der Waals surface area contributed by atoms with Crippen molar-refractivity contribution in [3.63, 3.8) is 0 Å². The topological polar surface area (TPSA) is 37.3 Å². The van der Waals surface area contributed by atoms with Gasteiger partial charge in [0.05, 0.1) is 0 Å². The molecule has 1 saturated carbocycles. The smallest absolute Gasteiger partial charge is 0.166 e. The molecule has 4 heteroatoms. The fourth-order valence-electron chi connectivity index (χ4n) is 2.69. The van der Waals surface area contributed by atoms with Gasteiger partial charge in [0.1, 0.15) is 17.7 Å². The number of ketones is 1. The third-order valence-corrected chi connectivity index (χ3v) is 3.84. The number of aliphatic hydroxyl groups is 1. The second-order valence-corrected chi connectivity index (χ2v) is 5.19. The summed E-state index contributed by atoms with van der Waals surface area (Å²) in [7, 11) is 0. The Balaban J connectivity index is 2.04. The quantitative estimate of drug-likeness (QED) is 0.911. The minimum absolute atomic E-state index is 0.0592. The van der Waals surface area contributed by atoms with Gasteiger partial charge >= 0.3 is 0 Å². The van der Waals surface area contributed by atoms with Gasteiger partial charge in [0.2, 0.25) is 0 Å². The predicted molar refractivity (Wildman–Crippen MR) is 67.7 cm³/mol. The Kier molecular flexibility index (Phi) is 4.64. The lowest BCUT2D eigenvalue weighted by molar-refractivity contribution is -0.129. The highest BCUT2D eigenvalue weighted by Crippen LogP contribution is 2.27. The summed E-state index contributed by atoms with van der Waals surface area (Å²) in [5, 5.41) is 9.99. The van der Waals surface area contributed by atoms with Crippen molar-refractivity contribution in [2.75, 3.05) is 0 Å². The van der Waals surface area contributed by atoms with E-state index in [0.29, 0.717) is 0 Å². The largest absolute Gasteiger partial charge is 0.385 e. The summed E-state index contributed by atoms with van der Waals surface area (Å²) < 4.78 is 26.9. The predicted octanol–water partition coefficient (Wildman–Crippen LogP) is 3.02. The Morgan fingerprint density at radius 1 is 1.21 bits per heavy atom. The van der Waals surface area contributed by atoms with Crippen LogP contribution in [-0.2, 0) is 11.2 Å². The summed E-state index contributed by atoms with van der Waals surface area (Å²) in [4.78, 5) is 11.9. The minimum Gasteiger partial charge on any atom is -0.385 e. The van der Waals surface area contributed by atoms with E-state index in [-0.39, 0.29) is 17.9 Å². The molecule has 2 rings (SSSR count). The Hall–Kier alpha value is -1.29. The molecule has 104 valence electrons. The van der Waals surface area contributed by atoms with Crippen molar-refractivity contribution in [1.29, 1.82) is 0 Å². The maximum atomic E-state index is 13.4. The van der Waals surface area contributed by atoms with Gasteiger partial charge in [0.15, 0.2) is 5.78 Å². The lowest BCUT2D eigenvalue weighted by Gasteiger charge is -2.25. The number of halogens is 2. The molecule has 1 unspecified atom stereocenters. The van der Waals surface area contributed by atoms with Crippen LogP contribution in [0.3, 0.4) is 0 Å². The summed E-state index contributed by atoms with van der Waals surface area (Å²) in [5.41, 5.74) is -0.248. The first kappa shape index (κ1) is 14.1. The van der Waals surface area contributed by atoms with Crippen LogP contribution in [0.25, 0.3) is 0 Å². The van der Waals surface area contributed by atoms with E-state index in [1.165, 1.54) is 6.07 Å². The molecule has 0 aromatic heterocycles. The summed E-state index contributed by atoms with van der Waals surface area (Å²) >= 11 is 0. The van der Waals surface area contributed by atoms with E-state index in [2.05, 4.69) is 0 Å². The first-order valence-electron chi connectivity index (χ1n) is 6.73. The minimum atomic E-state index is -1.10. The summed E-state index contributed by atoms with van der Waals surface area (Å²) in [6.07, 6.45) is 3.28. The lowest BCUT2D eigenvalue weighted by Crippen LogP contribution is -2.32. The first-order chi connectivity index (χ1) is 9.09. The van der Waals surface area contributed by atoms with E-state index in [1.54, 1.807) is 0 Å². The molecular formula is C15H18F2O2. The number of benzene rings is 1. The number of hydrogen-bond acceptors (Lipinski definition) is 2. The molecular weight excluding hydrogens is 250 g/mol. The van der Waals surface area contributed by atoms with E-state index in [0.717, 1.165) is 44.2 Å². The van der Waals surface area contributed by atoms with Gasteiger partial charge in [-0.05, 0) is 30.9 Å². The van der Waals surface area contributed by atoms with Gasteiger partial charge in [-0.25, -0.2) is 8.78 Å². The Labute approximate surface area is 111 Å². The average Bonchev–Trinajstić information content (AvgIpc) is 2.43.